The van der Waals surface area contributed by atoms with Crippen LogP contribution in [-0.4, -0.2) is 31.3 Å². The summed E-state index contributed by atoms with van der Waals surface area (Å²) in [6, 6.07) is 17.0. The molecular formula is C21H27BrN2O. The third-order valence-electron chi connectivity index (χ3n) is 4.81. The van der Waals surface area contributed by atoms with Crippen molar-refractivity contribution in [2.24, 2.45) is 5.92 Å². The second-order valence-electron chi connectivity index (χ2n) is 7.19. The third kappa shape index (κ3) is 4.77. The fourth-order valence-electron chi connectivity index (χ4n) is 3.36. The van der Waals surface area contributed by atoms with Gasteiger partial charge >= 0.3 is 0 Å². The number of piperazine rings is 1. The second-order valence-corrected chi connectivity index (χ2v) is 8.10. The van der Waals surface area contributed by atoms with E-state index in [0.29, 0.717) is 5.92 Å². The lowest BCUT2D eigenvalue weighted by atomic mass is 9.99. The fraction of sp³-hybridized carbons (Fsp3) is 0.429. The van der Waals surface area contributed by atoms with Crippen LogP contribution in [0.15, 0.2) is 53.0 Å². The molecule has 1 aliphatic rings. The maximum atomic E-state index is 10.2. The molecule has 25 heavy (non-hydrogen) atoms. The monoisotopic (exact) mass is 402 g/mol. The molecule has 2 aromatic carbocycles. The zero-order valence-corrected chi connectivity index (χ0v) is 16.6. The van der Waals surface area contributed by atoms with Crippen LogP contribution in [0.3, 0.4) is 0 Å². The molecule has 2 aromatic rings. The Morgan fingerprint density at radius 2 is 1.28 bits per heavy atom. The van der Waals surface area contributed by atoms with E-state index in [0.717, 1.165) is 42.6 Å². The molecule has 1 aliphatic heterocycles. The summed E-state index contributed by atoms with van der Waals surface area (Å²) in [4.78, 5) is 4.86. The lowest BCUT2D eigenvalue weighted by molar-refractivity contribution is 0.151. The second kappa shape index (κ2) is 8.24. The molecule has 0 spiro atoms. The molecule has 1 fully saturated rings. The average Bonchev–Trinajstić information content (AvgIpc) is 2.62. The van der Waals surface area contributed by atoms with Crippen LogP contribution in [-0.2, 0) is 0 Å². The number of nitrogens with zero attached hydrogens (tertiary/aromatic N) is 2. The number of aliphatic hydroxyl groups excluding tert-OH is 1. The van der Waals surface area contributed by atoms with Crippen molar-refractivity contribution in [3.8, 4) is 0 Å². The van der Waals surface area contributed by atoms with Crippen LogP contribution in [0.2, 0.25) is 0 Å². The molecule has 0 saturated carbocycles. The van der Waals surface area contributed by atoms with Gasteiger partial charge in [0.25, 0.3) is 0 Å². The Bertz CT molecular complexity index is 661. The molecule has 0 aliphatic carbocycles. The molecule has 3 rings (SSSR count). The normalized spacial score (nSPS) is 16.4. The smallest absolute Gasteiger partial charge is 0.0792 e. The lowest BCUT2D eigenvalue weighted by Crippen LogP contribution is -2.46. The molecule has 1 saturated heterocycles. The summed E-state index contributed by atoms with van der Waals surface area (Å²) in [5, 5.41) is 10.2. The van der Waals surface area contributed by atoms with E-state index in [-0.39, 0.29) is 6.10 Å². The van der Waals surface area contributed by atoms with E-state index in [2.05, 4.69) is 88.1 Å². The highest BCUT2D eigenvalue weighted by atomic mass is 79.9. The van der Waals surface area contributed by atoms with Gasteiger partial charge in [-0.25, -0.2) is 0 Å². The zero-order chi connectivity index (χ0) is 17.8. The molecule has 1 unspecified atom stereocenters. The maximum Gasteiger partial charge on any atom is 0.0792 e. The Morgan fingerprint density at radius 3 is 1.72 bits per heavy atom. The quantitative estimate of drug-likeness (QED) is 0.773. The summed E-state index contributed by atoms with van der Waals surface area (Å²) in [6.45, 7) is 8.37. The zero-order valence-electron chi connectivity index (χ0n) is 15.0. The SMILES string of the molecule is CC(C)CC(O)c1ccc(N2CCN(c3ccc(Br)cc3)CC2)cc1. The number of rotatable bonds is 5. The van der Waals surface area contributed by atoms with Crippen LogP contribution in [0, 0.1) is 5.92 Å². The summed E-state index contributed by atoms with van der Waals surface area (Å²) in [5.74, 6) is 0.501. The summed E-state index contributed by atoms with van der Waals surface area (Å²) in [7, 11) is 0. The summed E-state index contributed by atoms with van der Waals surface area (Å²) in [5.41, 5.74) is 3.55. The minimum atomic E-state index is -0.358. The van der Waals surface area contributed by atoms with Crippen molar-refractivity contribution in [3.05, 3.63) is 58.6 Å². The van der Waals surface area contributed by atoms with Gasteiger partial charge in [0.15, 0.2) is 0 Å². The van der Waals surface area contributed by atoms with E-state index in [1.165, 1.54) is 11.4 Å². The topological polar surface area (TPSA) is 26.7 Å². The molecule has 3 nitrogen and oxygen atoms in total. The highest BCUT2D eigenvalue weighted by Crippen LogP contribution is 2.25. The maximum absolute atomic E-state index is 10.2. The summed E-state index contributed by atoms with van der Waals surface area (Å²) < 4.78 is 1.12. The first kappa shape index (κ1) is 18.3. The van der Waals surface area contributed by atoms with Crippen LogP contribution in [0.5, 0.6) is 0 Å². The van der Waals surface area contributed by atoms with Gasteiger partial charge in [-0.2, -0.15) is 0 Å². The van der Waals surface area contributed by atoms with Crippen LogP contribution in [0.4, 0.5) is 11.4 Å². The number of hydrogen-bond acceptors (Lipinski definition) is 3. The number of hydrogen-bond donors (Lipinski definition) is 1. The van der Waals surface area contributed by atoms with Crippen LogP contribution < -0.4 is 9.80 Å². The first-order valence-electron chi connectivity index (χ1n) is 9.06. The first-order chi connectivity index (χ1) is 12.0. The molecule has 4 heteroatoms. The predicted octanol–water partition coefficient (Wildman–Crippen LogP) is 4.86. The lowest BCUT2D eigenvalue weighted by Gasteiger charge is -2.37. The molecule has 1 heterocycles. The van der Waals surface area contributed by atoms with E-state index >= 15 is 0 Å². The van der Waals surface area contributed by atoms with Crippen LogP contribution in [0.25, 0.3) is 0 Å². The number of aliphatic hydroxyl groups is 1. The first-order valence-corrected chi connectivity index (χ1v) is 9.85. The Labute approximate surface area is 159 Å². The molecular weight excluding hydrogens is 376 g/mol. The molecule has 1 N–H and O–H groups in total. The van der Waals surface area contributed by atoms with E-state index in [4.69, 9.17) is 0 Å². The molecule has 0 radical (unpaired) electrons. The number of anilines is 2. The van der Waals surface area contributed by atoms with Gasteiger partial charge in [0.1, 0.15) is 0 Å². The number of benzene rings is 2. The van der Waals surface area contributed by atoms with E-state index in [9.17, 15) is 5.11 Å². The van der Waals surface area contributed by atoms with E-state index in [1.54, 1.807) is 0 Å². The number of halogens is 1. The van der Waals surface area contributed by atoms with E-state index in [1.807, 2.05) is 0 Å². The van der Waals surface area contributed by atoms with Crippen molar-refractivity contribution in [3.63, 3.8) is 0 Å². The minimum absolute atomic E-state index is 0.358. The summed E-state index contributed by atoms with van der Waals surface area (Å²) >= 11 is 3.49. The van der Waals surface area contributed by atoms with Gasteiger partial charge in [-0.15, -0.1) is 0 Å². The van der Waals surface area contributed by atoms with E-state index < -0.39 is 0 Å². The Hall–Kier alpha value is -1.52. The molecule has 1 atom stereocenters. The minimum Gasteiger partial charge on any atom is -0.388 e. The molecule has 0 amide bonds. The van der Waals surface area contributed by atoms with Crippen molar-refractivity contribution >= 4 is 27.3 Å². The fourth-order valence-corrected chi connectivity index (χ4v) is 3.63. The van der Waals surface area contributed by atoms with Gasteiger partial charge in [0.2, 0.25) is 0 Å². The highest BCUT2D eigenvalue weighted by Gasteiger charge is 2.18. The molecule has 0 bridgehead atoms. The average molecular weight is 403 g/mol. The van der Waals surface area contributed by atoms with Gasteiger partial charge in [0, 0.05) is 42.0 Å². The van der Waals surface area contributed by atoms with Crippen molar-refractivity contribution in [2.45, 2.75) is 26.4 Å². The van der Waals surface area contributed by atoms with Crippen molar-refractivity contribution in [1.82, 2.24) is 0 Å². The highest BCUT2D eigenvalue weighted by molar-refractivity contribution is 9.10. The predicted molar refractivity (Wildman–Crippen MR) is 109 cm³/mol. The van der Waals surface area contributed by atoms with Gasteiger partial charge in [0.05, 0.1) is 6.10 Å². The molecule has 134 valence electrons. The third-order valence-corrected chi connectivity index (χ3v) is 5.34. The van der Waals surface area contributed by atoms with Crippen LogP contribution in [0.1, 0.15) is 31.9 Å². The van der Waals surface area contributed by atoms with Gasteiger partial charge < -0.3 is 14.9 Å². The van der Waals surface area contributed by atoms with Gasteiger partial charge in [-0.3, -0.25) is 0 Å². The molecule has 0 aromatic heterocycles. The van der Waals surface area contributed by atoms with Crippen molar-refractivity contribution < 1.29 is 5.11 Å². The van der Waals surface area contributed by atoms with Crippen molar-refractivity contribution in [2.75, 3.05) is 36.0 Å². The Balaban J connectivity index is 1.58. The Morgan fingerprint density at radius 1 is 0.840 bits per heavy atom. The standard InChI is InChI=1S/C21H27BrN2O/c1-16(2)15-21(25)17-3-7-19(8-4-17)23-11-13-24(14-12-23)20-9-5-18(22)6-10-20/h3-10,16,21,25H,11-15H2,1-2H3. The van der Waals surface area contributed by atoms with Crippen LogP contribution >= 0.6 is 15.9 Å². The summed E-state index contributed by atoms with van der Waals surface area (Å²) in [6.07, 6.45) is 0.453. The Kier molecular flexibility index (Phi) is 6.02. The van der Waals surface area contributed by atoms with Crippen molar-refractivity contribution in [1.29, 1.82) is 0 Å². The largest absolute Gasteiger partial charge is 0.388 e. The van der Waals surface area contributed by atoms with Gasteiger partial charge in [-0.1, -0.05) is 41.9 Å². The van der Waals surface area contributed by atoms with Gasteiger partial charge in [-0.05, 0) is 54.3 Å².